The maximum atomic E-state index is 12.6. The lowest BCUT2D eigenvalue weighted by Gasteiger charge is -2.21. The summed E-state index contributed by atoms with van der Waals surface area (Å²) in [5.41, 5.74) is 0.526. The Labute approximate surface area is 125 Å². The first-order chi connectivity index (χ1) is 9.69. The number of hydrogen-bond acceptors (Lipinski definition) is 6. The largest absolute Gasteiger partial charge is 0.327 e. The van der Waals surface area contributed by atoms with Crippen LogP contribution in [0.2, 0.25) is 0 Å². The Morgan fingerprint density at radius 2 is 2.40 bits per heavy atom. The van der Waals surface area contributed by atoms with Crippen LogP contribution in [0.1, 0.15) is 41.0 Å². The summed E-state index contributed by atoms with van der Waals surface area (Å²) in [6.07, 6.45) is 3.84. The molecule has 1 saturated heterocycles. The van der Waals surface area contributed by atoms with Gasteiger partial charge in [-0.3, -0.25) is 9.89 Å². The zero-order valence-electron chi connectivity index (χ0n) is 11.3. The van der Waals surface area contributed by atoms with Crippen LogP contribution in [0.5, 0.6) is 0 Å². The van der Waals surface area contributed by atoms with Crippen LogP contribution in [-0.4, -0.2) is 43.8 Å². The quantitative estimate of drug-likeness (QED) is 0.880. The minimum atomic E-state index is -0.0353. The molecule has 1 aliphatic heterocycles. The van der Waals surface area contributed by atoms with E-state index in [0.29, 0.717) is 11.5 Å². The fraction of sp³-hybridized carbons (Fsp3) is 0.500. The van der Waals surface area contributed by atoms with Gasteiger partial charge in [0.1, 0.15) is 15.9 Å². The minimum absolute atomic E-state index is 0.0218. The third-order valence-electron chi connectivity index (χ3n) is 3.30. The van der Waals surface area contributed by atoms with Crippen molar-refractivity contribution in [2.75, 3.05) is 12.8 Å². The monoisotopic (exact) mass is 309 g/mol. The van der Waals surface area contributed by atoms with Crippen molar-refractivity contribution < 1.29 is 4.79 Å². The first-order valence-corrected chi connectivity index (χ1v) is 8.49. The van der Waals surface area contributed by atoms with Crippen molar-refractivity contribution in [1.29, 1.82) is 0 Å². The molecule has 8 heteroatoms. The first kappa shape index (κ1) is 13.6. The van der Waals surface area contributed by atoms with Gasteiger partial charge < -0.3 is 4.90 Å². The fourth-order valence-corrected chi connectivity index (χ4v) is 3.62. The van der Waals surface area contributed by atoms with Crippen molar-refractivity contribution in [3.8, 4) is 0 Å². The van der Waals surface area contributed by atoms with Gasteiger partial charge in [0.15, 0.2) is 5.82 Å². The molecule has 1 aliphatic rings. The molecule has 0 saturated carbocycles. The second-order valence-corrected chi connectivity index (χ2v) is 6.55. The number of nitrogens with zero attached hydrogens (tertiary/aromatic N) is 4. The lowest BCUT2D eigenvalue weighted by atomic mass is 10.2. The molecule has 1 atom stereocenters. The van der Waals surface area contributed by atoms with Gasteiger partial charge in [-0.1, -0.05) is 11.8 Å². The van der Waals surface area contributed by atoms with Crippen LogP contribution in [0.15, 0.2) is 9.72 Å². The van der Waals surface area contributed by atoms with Gasteiger partial charge in [-0.25, -0.2) is 9.97 Å². The number of aromatic amines is 1. The van der Waals surface area contributed by atoms with E-state index in [-0.39, 0.29) is 11.9 Å². The van der Waals surface area contributed by atoms with Crippen LogP contribution in [0.4, 0.5) is 0 Å². The van der Waals surface area contributed by atoms with Crippen LogP contribution >= 0.6 is 23.1 Å². The maximum absolute atomic E-state index is 12.6. The number of carbonyl (C=O) groups is 1. The first-order valence-electron chi connectivity index (χ1n) is 6.38. The number of H-pyrrole nitrogens is 1. The van der Waals surface area contributed by atoms with Crippen molar-refractivity contribution in [1.82, 2.24) is 25.1 Å². The highest BCUT2D eigenvalue weighted by Gasteiger charge is 2.34. The van der Waals surface area contributed by atoms with Crippen LogP contribution in [0.25, 0.3) is 0 Å². The van der Waals surface area contributed by atoms with E-state index >= 15 is 0 Å². The van der Waals surface area contributed by atoms with E-state index in [2.05, 4.69) is 20.2 Å². The van der Waals surface area contributed by atoms with Gasteiger partial charge in [0, 0.05) is 11.9 Å². The van der Waals surface area contributed by atoms with E-state index in [0.717, 1.165) is 29.6 Å². The van der Waals surface area contributed by atoms with Gasteiger partial charge >= 0.3 is 0 Å². The number of carbonyl (C=O) groups excluding carboxylic acids is 1. The standard InChI is InChI=1S/C12H15N5OS2/c1-7-13-10(16-15-7)9-4-3-5-17(9)11(18)8-6-20-12(14-8)19-2/h6,9H,3-5H2,1-2H3,(H,13,15,16)/t9-/m0/s1. The third-order valence-corrected chi connectivity index (χ3v) is 5.17. The molecule has 3 rings (SSSR count). The summed E-state index contributed by atoms with van der Waals surface area (Å²) in [5, 5.41) is 8.86. The molecule has 106 valence electrons. The summed E-state index contributed by atoms with van der Waals surface area (Å²) < 4.78 is 0.915. The number of thioether (sulfide) groups is 1. The SMILES string of the molecule is CSc1nc(C(=O)N2CCC[C@H]2c2n[nH]c(C)n2)cs1. The molecule has 3 heterocycles. The van der Waals surface area contributed by atoms with Gasteiger partial charge in [0.2, 0.25) is 0 Å². The molecule has 0 unspecified atom stereocenters. The number of rotatable bonds is 3. The molecule has 0 aliphatic carbocycles. The van der Waals surface area contributed by atoms with E-state index < -0.39 is 0 Å². The zero-order chi connectivity index (χ0) is 14.1. The molecule has 0 aromatic carbocycles. The number of amides is 1. The summed E-state index contributed by atoms with van der Waals surface area (Å²) in [5.74, 6) is 1.46. The Hall–Kier alpha value is -1.41. The molecule has 0 bridgehead atoms. The lowest BCUT2D eigenvalue weighted by molar-refractivity contribution is 0.0724. The van der Waals surface area contributed by atoms with E-state index in [1.54, 1.807) is 11.8 Å². The normalized spacial score (nSPS) is 18.7. The second kappa shape index (κ2) is 5.53. The second-order valence-electron chi connectivity index (χ2n) is 4.64. The van der Waals surface area contributed by atoms with Crippen molar-refractivity contribution >= 4 is 29.0 Å². The number of aryl methyl sites for hydroxylation is 1. The summed E-state index contributed by atoms with van der Waals surface area (Å²) in [6.45, 7) is 2.60. The van der Waals surface area contributed by atoms with Crippen LogP contribution in [-0.2, 0) is 0 Å². The Kier molecular flexibility index (Phi) is 3.75. The highest BCUT2D eigenvalue weighted by atomic mass is 32.2. The van der Waals surface area contributed by atoms with Crippen LogP contribution < -0.4 is 0 Å². The summed E-state index contributed by atoms with van der Waals surface area (Å²) in [7, 11) is 0. The number of likely N-dealkylation sites (tertiary alicyclic amines) is 1. The molecule has 0 radical (unpaired) electrons. The lowest BCUT2D eigenvalue weighted by Crippen LogP contribution is -2.31. The molecule has 0 spiro atoms. The predicted molar refractivity (Wildman–Crippen MR) is 78.0 cm³/mol. The van der Waals surface area contributed by atoms with E-state index in [4.69, 9.17) is 0 Å². The smallest absolute Gasteiger partial charge is 0.273 e. The maximum Gasteiger partial charge on any atom is 0.273 e. The molecule has 1 amide bonds. The van der Waals surface area contributed by atoms with Crippen molar-refractivity contribution in [3.63, 3.8) is 0 Å². The van der Waals surface area contributed by atoms with Crippen LogP contribution in [0.3, 0.4) is 0 Å². The van der Waals surface area contributed by atoms with E-state index in [1.165, 1.54) is 11.3 Å². The van der Waals surface area contributed by atoms with Gasteiger partial charge in [0.05, 0.1) is 6.04 Å². The Balaban J connectivity index is 1.83. The summed E-state index contributed by atoms with van der Waals surface area (Å²) >= 11 is 3.06. The highest BCUT2D eigenvalue weighted by molar-refractivity contribution is 8.00. The van der Waals surface area contributed by atoms with E-state index in [1.807, 2.05) is 23.5 Å². The Morgan fingerprint density at radius 1 is 1.55 bits per heavy atom. The minimum Gasteiger partial charge on any atom is -0.327 e. The summed E-state index contributed by atoms with van der Waals surface area (Å²) in [6, 6.07) is -0.0353. The molecule has 1 fully saturated rings. The molecule has 20 heavy (non-hydrogen) atoms. The average Bonchev–Trinajstić information content (AvgIpc) is 3.17. The van der Waals surface area contributed by atoms with Gasteiger partial charge in [-0.2, -0.15) is 5.10 Å². The molecule has 2 aromatic heterocycles. The third kappa shape index (κ3) is 2.45. The Bertz CT molecular complexity index is 623. The number of thiazole rings is 1. The molecular formula is C12H15N5OS2. The molecule has 2 aromatic rings. The van der Waals surface area contributed by atoms with Gasteiger partial charge in [0.25, 0.3) is 5.91 Å². The molecule has 1 N–H and O–H groups in total. The van der Waals surface area contributed by atoms with Crippen LogP contribution in [0, 0.1) is 6.92 Å². The van der Waals surface area contributed by atoms with E-state index in [9.17, 15) is 4.79 Å². The molecule has 6 nitrogen and oxygen atoms in total. The Morgan fingerprint density at radius 3 is 3.05 bits per heavy atom. The van der Waals surface area contributed by atoms with Crippen molar-refractivity contribution in [2.45, 2.75) is 30.1 Å². The van der Waals surface area contributed by atoms with Gasteiger partial charge in [-0.05, 0) is 26.0 Å². The zero-order valence-corrected chi connectivity index (χ0v) is 12.9. The van der Waals surface area contributed by atoms with Gasteiger partial charge in [-0.15, -0.1) is 11.3 Å². The predicted octanol–water partition coefficient (Wildman–Crippen LogP) is 2.27. The topological polar surface area (TPSA) is 74.8 Å². The summed E-state index contributed by atoms with van der Waals surface area (Å²) in [4.78, 5) is 23.1. The van der Waals surface area contributed by atoms with Crippen molar-refractivity contribution in [2.24, 2.45) is 0 Å². The number of hydrogen-bond donors (Lipinski definition) is 1. The van der Waals surface area contributed by atoms with Crippen molar-refractivity contribution in [3.05, 3.63) is 22.7 Å². The molecular weight excluding hydrogens is 294 g/mol. The number of nitrogens with one attached hydrogen (secondary N) is 1. The number of aromatic nitrogens is 4. The highest BCUT2D eigenvalue weighted by Crippen LogP contribution is 2.31. The fourth-order valence-electron chi connectivity index (χ4n) is 2.38. The average molecular weight is 309 g/mol.